The number of nitrogens with one attached hydrogen (secondary N) is 1. The van der Waals surface area contributed by atoms with E-state index in [1.54, 1.807) is 0 Å². The van der Waals surface area contributed by atoms with E-state index in [-0.39, 0.29) is 17.9 Å². The van der Waals surface area contributed by atoms with Crippen LogP contribution in [0.3, 0.4) is 0 Å². The van der Waals surface area contributed by atoms with Gasteiger partial charge in [-0.15, -0.1) is 12.6 Å². The lowest BCUT2D eigenvalue weighted by molar-refractivity contribution is -0.255. The molecule has 3 nitrogen and oxygen atoms in total. The van der Waals surface area contributed by atoms with E-state index < -0.39 is 0 Å². The maximum absolute atomic E-state index is 12.5. The minimum atomic E-state index is 0.0165. The molecule has 120 valence electrons. The molecule has 0 bridgehead atoms. The quantitative estimate of drug-likeness (QED) is 0.743. The molecule has 1 amide bonds. The molecule has 3 rings (SSSR count). The molecule has 1 aliphatic rings. The van der Waals surface area contributed by atoms with Crippen molar-refractivity contribution in [3.8, 4) is 0 Å². The Bertz CT molecular complexity index is 727. The Balaban J connectivity index is 1.61. The second-order valence-corrected chi connectivity index (χ2v) is 6.97. The van der Waals surface area contributed by atoms with E-state index in [9.17, 15) is 4.79 Å². The number of hydrogen-bond donors (Lipinski definition) is 3. The van der Waals surface area contributed by atoms with Gasteiger partial charge in [0.05, 0.1) is 6.04 Å². The van der Waals surface area contributed by atoms with Crippen LogP contribution in [0.2, 0.25) is 0 Å². The maximum atomic E-state index is 12.5. The topological polar surface area (TPSA) is 56.7 Å². The van der Waals surface area contributed by atoms with Crippen molar-refractivity contribution in [3.63, 3.8) is 0 Å². The van der Waals surface area contributed by atoms with Crippen LogP contribution in [0.15, 0.2) is 47.4 Å². The van der Waals surface area contributed by atoms with Crippen molar-refractivity contribution >= 4 is 24.2 Å². The summed E-state index contributed by atoms with van der Waals surface area (Å²) in [6.07, 6.45) is 0.932. The average Bonchev–Trinajstić information content (AvgIpc) is 3.31. The van der Waals surface area contributed by atoms with Crippen LogP contribution in [0.1, 0.15) is 42.0 Å². The molecule has 4 heteroatoms. The van der Waals surface area contributed by atoms with Gasteiger partial charge in [0.1, 0.15) is 5.69 Å². The largest absolute Gasteiger partial charge is 0.349 e. The molecule has 1 fully saturated rings. The van der Waals surface area contributed by atoms with E-state index >= 15 is 0 Å². The van der Waals surface area contributed by atoms with Gasteiger partial charge in [-0.3, -0.25) is 4.79 Å². The summed E-state index contributed by atoms with van der Waals surface area (Å²) < 4.78 is 0. The van der Waals surface area contributed by atoms with Crippen molar-refractivity contribution in [3.05, 3.63) is 59.2 Å². The summed E-state index contributed by atoms with van der Waals surface area (Å²) in [6.45, 7) is 4.07. The Morgan fingerprint density at radius 3 is 2.61 bits per heavy atom. The van der Waals surface area contributed by atoms with Crippen LogP contribution >= 0.6 is 12.6 Å². The monoisotopic (exact) mass is 327 g/mol. The van der Waals surface area contributed by atoms with Crippen LogP contribution in [0.5, 0.6) is 0 Å². The first-order valence-corrected chi connectivity index (χ1v) is 8.42. The lowest BCUT2D eigenvalue weighted by Gasteiger charge is -2.15. The molecule has 3 atom stereocenters. The summed E-state index contributed by atoms with van der Waals surface area (Å²) in [5, 5.41) is 3.14. The first-order chi connectivity index (χ1) is 11.0. The van der Waals surface area contributed by atoms with Gasteiger partial charge >= 0.3 is 0 Å². The predicted molar refractivity (Wildman–Crippen MR) is 94.8 cm³/mol. The smallest absolute Gasteiger partial charge is 0.224 e. The van der Waals surface area contributed by atoms with Crippen molar-refractivity contribution in [1.29, 1.82) is 0 Å². The normalized spacial score (nSPS) is 20.9. The third-order valence-electron chi connectivity index (χ3n) is 4.67. The van der Waals surface area contributed by atoms with E-state index in [4.69, 9.17) is 0 Å². The van der Waals surface area contributed by atoms with Crippen LogP contribution in [0, 0.1) is 12.8 Å². The van der Waals surface area contributed by atoms with Gasteiger partial charge in [0.15, 0.2) is 0 Å². The van der Waals surface area contributed by atoms with Crippen LogP contribution in [0.4, 0.5) is 5.69 Å². The van der Waals surface area contributed by atoms with Crippen LogP contribution < -0.4 is 11.1 Å². The van der Waals surface area contributed by atoms with Crippen LogP contribution in [0.25, 0.3) is 0 Å². The molecule has 1 saturated carbocycles. The maximum Gasteiger partial charge on any atom is 0.224 e. The van der Waals surface area contributed by atoms with Crippen molar-refractivity contribution in [2.45, 2.75) is 37.1 Å². The second kappa shape index (κ2) is 6.38. The highest BCUT2D eigenvalue weighted by atomic mass is 32.1. The number of thiol groups is 1. The van der Waals surface area contributed by atoms with E-state index in [2.05, 4.69) is 41.9 Å². The van der Waals surface area contributed by atoms with Gasteiger partial charge in [0.2, 0.25) is 5.91 Å². The number of rotatable bonds is 4. The minimum absolute atomic E-state index is 0.0165. The summed E-state index contributed by atoms with van der Waals surface area (Å²) in [4.78, 5) is 13.4. The summed E-state index contributed by atoms with van der Waals surface area (Å²) in [6, 6.07) is 14.3. The fourth-order valence-electron chi connectivity index (χ4n) is 2.97. The molecular formula is C19H23N2OS+. The van der Waals surface area contributed by atoms with Gasteiger partial charge in [-0.05, 0) is 61.6 Å². The molecule has 0 heterocycles. The number of quaternary nitrogens is 1. The number of carbonyl (C=O) groups excluding carboxylic acids is 1. The van der Waals surface area contributed by atoms with Gasteiger partial charge in [-0.1, -0.05) is 18.2 Å². The van der Waals surface area contributed by atoms with Gasteiger partial charge in [0.25, 0.3) is 0 Å². The highest BCUT2D eigenvalue weighted by Crippen LogP contribution is 2.47. The molecule has 1 aliphatic carbocycles. The molecule has 0 saturated heterocycles. The summed E-state index contributed by atoms with van der Waals surface area (Å²) in [5.74, 6) is 0.588. The predicted octanol–water partition coefficient (Wildman–Crippen LogP) is 3.14. The standard InChI is InChI=1S/C19H22N2OS/c1-11-9-14(5-8-18(11)20)12(2)21-19(22)17-10-16(17)13-3-6-15(23)7-4-13/h3-9,12,16-17,23H,10,20H2,1-2H3,(H,21,22)/p+1. The lowest BCUT2D eigenvalue weighted by Crippen LogP contribution is -2.41. The SMILES string of the molecule is Cc1cc(C(C)NC(=O)C2CC2c2ccc(S)cc2)ccc1[NH3+]. The zero-order valence-corrected chi connectivity index (χ0v) is 14.4. The molecule has 2 aromatic carbocycles. The average molecular weight is 327 g/mol. The molecule has 3 unspecified atom stereocenters. The summed E-state index contributed by atoms with van der Waals surface area (Å²) in [7, 11) is 0. The van der Waals surface area contributed by atoms with Gasteiger partial charge < -0.3 is 11.1 Å². The molecule has 2 aromatic rings. The number of benzene rings is 2. The third kappa shape index (κ3) is 3.59. The molecule has 0 aliphatic heterocycles. The molecule has 23 heavy (non-hydrogen) atoms. The third-order valence-corrected chi connectivity index (χ3v) is 4.97. The van der Waals surface area contributed by atoms with Crippen molar-refractivity contribution in [2.75, 3.05) is 0 Å². The molecule has 0 radical (unpaired) electrons. The minimum Gasteiger partial charge on any atom is -0.349 e. The molecular weight excluding hydrogens is 304 g/mol. The first-order valence-electron chi connectivity index (χ1n) is 7.97. The number of hydrogen-bond acceptors (Lipinski definition) is 2. The second-order valence-electron chi connectivity index (χ2n) is 6.46. The van der Waals surface area contributed by atoms with E-state index in [1.807, 2.05) is 38.1 Å². The Labute approximate surface area is 142 Å². The Kier molecular flexibility index (Phi) is 4.46. The number of carbonyl (C=O) groups is 1. The Morgan fingerprint density at radius 1 is 1.26 bits per heavy atom. The van der Waals surface area contributed by atoms with Crippen LogP contribution in [-0.2, 0) is 4.79 Å². The van der Waals surface area contributed by atoms with Crippen molar-refractivity contribution < 1.29 is 10.5 Å². The highest BCUT2D eigenvalue weighted by Gasteiger charge is 2.44. The molecule has 0 spiro atoms. The Hall–Kier alpha value is -1.78. The van der Waals surface area contributed by atoms with Crippen molar-refractivity contribution in [2.24, 2.45) is 5.92 Å². The summed E-state index contributed by atoms with van der Waals surface area (Å²) >= 11 is 4.30. The zero-order valence-electron chi connectivity index (χ0n) is 13.5. The van der Waals surface area contributed by atoms with Gasteiger partial charge in [0, 0.05) is 16.4 Å². The fourth-order valence-corrected chi connectivity index (χ4v) is 3.12. The van der Waals surface area contributed by atoms with E-state index in [1.165, 1.54) is 5.56 Å². The molecule has 4 N–H and O–H groups in total. The van der Waals surface area contributed by atoms with Gasteiger partial charge in [-0.25, -0.2) is 0 Å². The highest BCUT2D eigenvalue weighted by molar-refractivity contribution is 7.80. The first kappa shape index (κ1) is 16.1. The van der Waals surface area contributed by atoms with Crippen molar-refractivity contribution in [1.82, 2.24) is 5.32 Å². The number of aryl methyl sites for hydroxylation is 1. The van der Waals surface area contributed by atoms with Crippen LogP contribution in [-0.4, -0.2) is 5.91 Å². The zero-order chi connectivity index (χ0) is 16.6. The van der Waals surface area contributed by atoms with E-state index in [0.29, 0.717) is 5.92 Å². The summed E-state index contributed by atoms with van der Waals surface area (Å²) in [5.41, 5.74) is 8.51. The fraction of sp³-hybridized carbons (Fsp3) is 0.316. The molecule has 0 aromatic heterocycles. The number of amides is 1. The van der Waals surface area contributed by atoms with Gasteiger partial charge in [-0.2, -0.15) is 0 Å². The Morgan fingerprint density at radius 2 is 1.96 bits per heavy atom. The lowest BCUT2D eigenvalue weighted by atomic mass is 10.0. The van der Waals surface area contributed by atoms with E-state index in [0.717, 1.165) is 28.1 Å².